The van der Waals surface area contributed by atoms with Crippen molar-refractivity contribution < 1.29 is 13.2 Å². The molecule has 0 saturated carbocycles. The normalized spacial score (nSPS) is 14.9. The van der Waals surface area contributed by atoms with Crippen LogP contribution < -0.4 is 10.1 Å². The summed E-state index contributed by atoms with van der Waals surface area (Å²) in [5.41, 5.74) is 0.960. The van der Waals surface area contributed by atoms with Gasteiger partial charge in [-0.25, -0.2) is 18.4 Å². The molecule has 0 atom stereocenters. The average molecular weight is 425 g/mol. The number of sulfonamides is 1. The molecule has 3 aromatic rings. The maximum Gasteiger partial charge on any atom is 0.244 e. The molecule has 1 aromatic carbocycles. The minimum absolute atomic E-state index is 0.235. The fraction of sp³-hybridized carbons (Fsp3) is 0.273. The third-order valence-corrected chi connectivity index (χ3v) is 6.81. The molecule has 8 heteroatoms. The Morgan fingerprint density at radius 1 is 0.900 bits per heavy atom. The molecule has 0 aliphatic carbocycles. The molecule has 1 aliphatic heterocycles. The summed E-state index contributed by atoms with van der Waals surface area (Å²) in [6.45, 7) is 1.68. The Morgan fingerprint density at radius 3 is 2.37 bits per heavy atom. The number of ether oxygens (including phenoxy) is 1. The molecule has 30 heavy (non-hydrogen) atoms. The Kier molecular flexibility index (Phi) is 6.25. The van der Waals surface area contributed by atoms with Crippen LogP contribution >= 0.6 is 0 Å². The molecule has 3 heterocycles. The summed E-state index contributed by atoms with van der Waals surface area (Å²) in [5, 5.41) is 3.19. The van der Waals surface area contributed by atoms with Crippen LogP contribution in [0.4, 0.5) is 5.82 Å². The van der Waals surface area contributed by atoms with Gasteiger partial charge in [0.05, 0.1) is 0 Å². The zero-order valence-electron chi connectivity index (χ0n) is 16.6. The molecular weight excluding hydrogens is 400 g/mol. The molecule has 0 amide bonds. The van der Waals surface area contributed by atoms with Crippen molar-refractivity contribution >= 4 is 15.8 Å². The molecule has 1 saturated heterocycles. The summed E-state index contributed by atoms with van der Waals surface area (Å²) < 4.78 is 32.6. The van der Waals surface area contributed by atoms with Gasteiger partial charge < -0.3 is 10.1 Å². The van der Waals surface area contributed by atoms with Gasteiger partial charge in [-0.1, -0.05) is 30.7 Å². The van der Waals surface area contributed by atoms with Crippen LogP contribution in [-0.4, -0.2) is 35.8 Å². The number of pyridine rings is 2. The zero-order chi connectivity index (χ0) is 20.8. The molecule has 0 unspecified atom stereocenters. The Morgan fingerprint density at radius 2 is 1.70 bits per heavy atom. The average Bonchev–Trinajstić information content (AvgIpc) is 2.80. The number of hydrogen-bond donors (Lipinski definition) is 1. The van der Waals surface area contributed by atoms with Gasteiger partial charge in [-0.15, -0.1) is 0 Å². The van der Waals surface area contributed by atoms with Crippen LogP contribution in [0.5, 0.6) is 11.6 Å². The summed E-state index contributed by atoms with van der Waals surface area (Å²) in [6, 6.07) is 16.5. The largest absolute Gasteiger partial charge is 0.439 e. The second kappa shape index (κ2) is 9.23. The number of para-hydroxylation sites is 1. The highest BCUT2D eigenvalue weighted by molar-refractivity contribution is 7.89. The second-order valence-electron chi connectivity index (χ2n) is 7.12. The van der Waals surface area contributed by atoms with Crippen LogP contribution in [0.2, 0.25) is 0 Å². The standard InChI is InChI=1S/C22H24N4O3S/c27-30(28,26-13-5-2-6-14-26)20-10-11-21(24-17-20)23-15-18-9-12-22(25-16-18)29-19-7-3-1-4-8-19/h1,3-4,7-12,16-17H,2,5-6,13-15H2,(H,23,24). The van der Waals surface area contributed by atoms with Crippen LogP contribution in [0.25, 0.3) is 0 Å². The number of aromatic nitrogens is 2. The lowest BCUT2D eigenvalue weighted by molar-refractivity contribution is 0.346. The van der Waals surface area contributed by atoms with E-state index in [0.29, 0.717) is 31.3 Å². The summed E-state index contributed by atoms with van der Waals surface area (Å²) >= 11 is 0. The van der Waals surface area contributed by atoms with Crippen molar-refractivity contribution in [3.05, 3.63) is 72.6 Å². The molecule has 1 aliphatic rings. The number of anilines is 1. The fourth-order valence-electron chi connectivity index (χ4n) is 3.27. The third-order valence-electron chi connectivity index (χ3n) is 4.93. The number of nitrogens with one attached hydrogen (secondary N) is 1. The van der Waals surface area contributed by atoms with Crippen molar-refractivity contribution in [2.24, 2.45) is 0 Å². The van der Waals surface area contributed by atoms with Crippen molar-refractivity contribution in [2.75, 3.05) is 18.4 Å². The van der Waals surface area contributed by atoms with Crippen LogP contribution in [0.15, 0.2) is 71.9 Å². The number of hydrogen-bond acceptors (Lipinski definition) is 6. The monoisotopic (exact) mass is 424 g/mol. The minimum atomic E-state index is -3.46. The SMILES string of the molecule is O=S(=O)(c1ccc(NCc2ccc(Oc3ccccc3)nc2)nc1)N1CCCCC1. The van der Waals surface area contributed by atoms with Crippen molar-refractivity contribution in [2.45, 2.75) is 30.7 Å². The Balaban J connectivity index is 1.34. The lowest BCUT2D eigenvalue weighted by Gasteiger charge is -2.25. The fourth-order valence-corrected chi connectivity index (χ4v) is 4.73. The molecule has 1 N–H and O–H groups in total. The van der Waals surface area contributed by atoms with Crippen molar-refractivity contribution in [3.8, 4) is 11.6 Å². The molecule has 4 rings (SSSR count). The van der Waals surface area contributed by atoms with Crippen LogP contribution in [0.1, 0.15) is 24.8 Å². The Hall–Kier alpha value is -2.97. The smallest absolute Gasteiger partial charge is 0.244 e. The zero-order valence-corrected chi connectivity index (χ0v) is 17.4. The topological polar surface area (TPSA) is 84.4 Å². The number of benzene rings is 1. The minimum Gasteiger partial charge on any atom is -0.439 e. The van der Waals surface area contributed by atoms with E-state index < -0.39 is 10.0 Å². The Bertz CT molecular complexity index is 1050. The van der Waals surface area contributed by atoms with Gasteiger partial charge in [-0.2, -0.15) is 4.31 Å². The van der Waals surface area contributed by atoms with Gasteiger partial charge in [0.25, 0.3) is 0 Å². The van der Waals surface area contributed by atoms with E-state index in [1.165, 1.54) is 6.20 Å². The summed E-state index contributed by atoms with van der Waals surface area (Å²) in [4.78, 5) is 8.82. The first kappa shape index (κ1) is 20.3. The van der Waals surface area contributed by atoms with E-state index in [-0.39, 0.29) is 4.90 Å². The van der Waals surface area contributed by atoms with E-state index in [0.717, 1.165) is 30.6 Å². The number of rotatable bonds is 7. The van der Waals surface area contributed by atoms with E-state index in [1.54, 1.807) is 22.6 Å². The lowest BCUT2D eigenvalue weighted by Crippen LogP contribution is -2.35. The molecule has 0 bridgehead atoms. The Labute approximate surface area is 176 Å². The van der Waals surface area contributed by atoms with Gasteiger partial charge >= 0.3 is 0 Å². The van der Waals surface area contributed by atoms with E-state index in [1.807, 2.05) is 42.5 Å². The molecule has 0 radical (unpaired) electrons. The van der Waals surface area contributed by atoms with Crippen LogP contribution in [0.3, 0.4) is 0 Å². The van der Waals surface area contributed by atoms with Gasteiger partial charge in [-0.3, -0.25) is 0 Å². The molecule has 7 nitrogen and oxygen atoms in total. The first-order chi connectivity index (χ1) is 14.6. The quantitative estimate of drug-likeness (QED) is 0.616. The van der Waals surface area contributed by atoms with Crippen LogP contribution in [-0.2, 0) is 16.6 Å². The summed E-state index contributed by atoms with van der Waals surface area (Å²) in [7, 11) is -3.46. The molecule has 156 valence electrons. The van der Waals surface area contributed by atoms with E-state index in [9.17, 15) is 8.42 Å². The highest BCUT2D eigenvalue weighted by Gasteiger charge is 2.26. The maximum absolute atomic E-state index is 12.7. The highest BCUT2D eigenvalue weighted by Crippen LogP contribution is 2.21. The van der Waals surface area contributed by atoms with Crippen LogP contribution in [0, 0.1) is 0 Å². The van der Waals surface area contributed by atoms with Gasteiger partial charge in [-0.05, 0) is 42.7 Å². The van der Waals surface area contributed by atoms with Crippen molar-refractivity contribution in [1.82, 2.24) is 14.3 Å². The van der Waals surface area contributed by atoms with Gasteiger partial charge in [0, 0.05) is 38.1 Å². The summed E-state index contributed by atoms with van der Waals surface area (Å²) in [5.74, 6) is 1.87. The second-order valence-corrected chi connectivity index (χ2v) is 9.06. The van der Waals surface area contributed by atoms with Gasteiger partial charge in [0.15, 0.2) is 0 Å². The molecule has 2 aromatic heterocycles. The van der Waals surface area contributed by atoms with Gasteiger partial charge in [0.2, 0.25) is 15.9 Å². The number of nitrogens with zero attached hydrogens (tertiary/aromatic N) is 3. The van der Waals surface area contributed by atoms with E-state index in [4.69, 9.17) is 4.74 Å². The molecular formula is C22H24N4O3S. The first-order valence-corrected chi connectivity index (χ1v) is 11.4. The first-order valence-electron chi connectivity index (χ1n) is 9.99. The molecule has 1 fully saturated rings. The third kappa shape index (κ3) is 4.95. The summed E-state index contributed by atoms with van der Waals surface area (Å²) in [6.07, 6.45) is 6.06. The van der Waals surface area contributed by atoms with E-state index >= 15 is 0 Å². The lowest BCUT2D eigenvalue weighted by atomic mass is 10.2. The predicted octanol–water partition coefficient (Wildman–Crippen LogP) is 4.06. The maximum atomic E-state index is 12.7. The number of piperidine rings is 1. The van der Waals surface area contributed by atoms with Gasteiger partial charge in [0.1, 0.15) is 16.5 Å². The van der Waals surface area contributed by atoms with Crippen molar-refractivity contribution in [1.29, 1.82) is 0 Å². The van der Waals surface area contributed by atoms with E-state index in [2.05, 4.69) is 15.3 Å². The van der Waals surface area contributed by atoms with Crippen molar-refractivity contribution in [3.63, 3.8) is 0 Å². The molecule has 0 spiro atoms. The predicted molar refractivity (Wildman–Crippen MR) is 115 cm³/mol. The highest BCUT2D eigenvalue weighted by atomic mass is 32.2.